The molecule has 1 N–H and O–H groups in total. The van der Waals surface area contributed by atoms with Crippen LogP contribution < -0.4 is 9.47 Å². The van der Waals surface area contributed by atoms with E-state index in [-0.39, 0.29) is 12.4 Å². The second-order valence-electron chi connectivity index (χ2n) is 3.37. The van der Waals surface area contributed by atoms with Crippen LogP contribution in [0.15, 0.2) is 48.5 Å². The quantitative estimate of drug-likeness (QED) is 0.873. The average molecular weight is 229 g/mol. The highest BCUT2D eigenvalue weighted by atomic mass is 16.5. The molecule has 2 aromatic rings. The summed E-state index contributed by atoms with van der Waals surface area (Å²) < 4.78 is 10.7. The third-order valence-electron chi connectivity index (χ3n) is 2.19. The molecule has 0 heterocycles. The van der Waals surface area contributed by atoms with Crippen LogP contribution in [-0.2, 0) is 0 Å². The Balaban J connectivity index is 2.24. The van der Waals surface area contributed by atoms with Crippen molar-refractivity contribution in [3.63, 3.8) is 0 Å². The van der Waals surface area contributed by atoms with Gasteiger partial charge in [-0.1, -0.05) is 24.3 Å². The van der Waals surface area contributed by atoms with Gasteiger partial charge in [0.2, 0.25) is 5.75 Å². The largest absolute Gasteiger partial charge is 0.502 e. The van der Waals surface area contributed by atoms with Crippen molar-refractivity contribution in [2.75, 3.05) is 6.61 Å². The zero-order valence-corrected chi connectivity index (χ0v) is 9.30. The molecule has 0 saturated heterocycles. The van der Waals surface area contributed by atoms with Gasteiger partial charge >= 0.3 is 0 Å². The first-order valence-corrected chi connectivity index (χ1v) is 5.28. The number of rotatable bonds is 4. The number of phenols is 1. The molecule has 0 unspecified atom stereocenters. The second kappa shape index (κ2) is 5.25. The number of para-hydroxylation sites is 2. The van der Waals surface area contributed by atoms with E-state index in [9.17, 15) is 5.11 Å². The third-order valence-corrected chi connectivity index (χ3v) is 2.19. The van der Waals surface area contributed by atoms with E-state index < -0.39 is 0 Å². The standard InChI is InChI=1S/C14H13O3/c1-2-16-12-9-6-10-13(14(12)15)17-11-7-4-3-5-8-11/h3-10,15H,1-2H2. The normalized spacial score (nSPS) is 9.94. The molecule has 2 rings (SSSR count). The van der Waals surface area contributed by atoms with Gasteiger partial charge in [0.05, 0.1) is 6.61 Å². The average Bonchev–Trinajstić information content (AvgIpc) is 2.36. The fourth-order valence-corrected chi connectivity index (χ4v) is 1.43. The van der Waals surface area contributed by atoms with Gasteiger partial charge in [-0.05, 0) is 31.2 Å². The molecule has 2 aromatic carbocycles. The Hall–Kier alpha value is -2.16. The highest BCUT2D eigenvalue weighted by Crippen LogP contribution is 2.38. The van der Waals surface area contributed by atoms with Crippen molar-refractivity contribution >= 4 is 0 Å². The van der Waals surface area contributed by atoms with E-state index in [4.69, 9.17) is 9.47 Å². The highest BCUT2D eigenvalue weighted by molar-refractivity contribution is 5.51. The van der Waals surface area contributed by atoms with Gasteiger partial charge in [-0.2, -0.15) is 0 Å². The van der Waals surface area contributed by atoms with E-state index >= 15 is 0 Å². The number of phenolic OH excluding ortho intramolecular Hbond substituents is 1. The summed E-state index contributed by atoms with van der Waals surface area (Å²) in [6.45, 7) is 3.81. The summed E-state index contributed by atoms with van der Waals surface area (Å²) >= 11 is 0. The van der Waals surface area contributed by atoms with Gasteiger partial charge in [-0.3, -0.25) is 0 Å². The van der Waals surface area contributed by atoms with Crippen LogP contribution >= 0.6 is 0 Å². The summed E-state index contributed by atoms with van der Waals surface area (Å²) in [5.41, 5.74) is 0. The van der Waals surface area contributed by atoms with Crippen molar-refractivity contribution in [2.24, 2.45) is 0 Å². The summed E-state index contributed by atoms with van der Waals surface area (Å²) in [6.07, 6.45) is 0. The van der Waals surface area contributed by atoms with E-state index in [1.54, 1.807) is 18.2 Å². The number of hydrogen-bond acceptors (Lipinski definition) is 3. The van der Waals surface area contributed by atoms with Crippen LogP contribution in [-0.4, -0.2) is 11.7 Å². The van der Waals surface area contributed by atoms with Crippen molar-refractivity contribution in [1.29, 1.82) is 0 Å². The smallest absolute Gasteiger partial charge is 0.201 e. The molecule has 17 heavy (non-hydrogen) atoms. The zero-order chi connectivity index (χ0) is 12.1. The fraction of sp³-hybridized carbons (Fsp3) is 0.0714. The Morgan fingerprint density at radius 3 is 2.35 bits per heavy atom. The molecule has 0 amide bonds. The zero-order valence-electron chi connectivity index (χ0n) is 9.30. The molecular weight excluding hydrogens is 216 g/mol. The Morgan fingerprint density at radius 2 is 1.65 bits per heavy atom. The molecule has 0 saturated carbocycles. The number of aromatic hydroxyl groups is 1. The molecule has 0 spiro atoms. The van der Waals surface area contributed by atoms with Crippen molar-refractivity contribution in [3.8, 4) is 23.0 Å². The van der Waals surface area contributed by atoms with E-state index in [2.05, 4.69) is 6.92 Å². The molecule has 3 heteroatoms. The summed E-state index contributed by atoms with van der Waals surface area (Å²) in [5, 5.41) is 9.90. The minimum Gasteiger partial charge on any atom is -0.502 e. The van der Waals surface area contributed by atoms with Gasteiger partial charge in [0.25, 0.3) is 0 Å². The van der Waals surface area contributed by atoms with Gasteiger partial charge in [0.1, 0.15) is 5.75 Å². The molecule has 0 aliphatic heterocycles. The Kier molecular flexibility index (Phi) is 3.50. The van der Waals surface area contributed by atoms with Gasteiger partial charge in [-0.25, -0.2) is 0 Å². The fourth-order valence-electron chi connectivity index (χ4n) is 1.43. The molecule has 1 radical (unpaired) electrons. The lowest BCUT2D eigenvalue weighted by Crippen LogP contribution is -1.93. The van der Waals surface area contributed by atoms with Crippen molar-refractivity contribution in [1.82, 2.24) is 0 Å². The van der Waals surface area contributed by atoms with Gasteiger partial charge in [0, 0.05) is 0 Å². The number of ether oxygens (including phenoxy) is 2. The van der Waals surface area contributed by atoms with Crippen LogP contribution in [0.1, 0.15) is 0 Å². The minimum absolute atomic E-state index is 0.0139. The maximum absolute atomic E-state index is 9.90. The summed E-state index contributed by atoms with van der Waals surface area (Å²) in [6, 6.07) is 14.3. The molecule has 0 aromatic heterocycles. The van der Waals surface area contributed by atoms with Gasteiger partial charge < -0.3 is 14.6 Å². The predicted molar refractivity (Wildman–Crippen MR) is 65.5 cm³/mol. The third kappa shape index (κ3) is 2.69. The first-order chi connectivity index (χ1) is 8.31. The maximum atomic E-state index is 9.90. The van der Waals surface area contributed by atoms with Crippen LogP contribution in [0.3, 0.4) is 0 Å². The second-order valence-corrected chi connectivity index (χ2v) is 3.37. The molecule has 3 nitrogen and oxygen atoms in total. The van der Waals surface area contributed by atoms with Crippen molar-refractivity contribution in [3.05, 3.63) is 55.5 Å². The molecule has 0 aliphatic rings. The Morgan fingerprint density at radius 1 is 0.941 bits per heavy atom. The van der Waals surface area contributed by atoms with Gasteiger partial charge in [-0.15, -0.1) is 0 Å². The first-order valence-electron chi connectivity index (χ1n) is 5.28. The van der Waals surface area contributed by atoms with Crippen LogP contribution in [0.2, 0.25) is 0 Å². The molecular formula is C14H13O3. The first kappa shape index (κ1) is 11.3. The highest BCUT2D eigenvalue weighted by Gasteiger charge is 2.09. The summed E-state index contributed by atoms with van der Waals surface area (Å²) in [4.78, 5) is 0. The maximum Gasteiger partial charge on any atom is 0.201 e. The van der Waals surface area contributed by atoms with Gasteiger partial charge in [0.15, 0.2) is 11.5 Å². The Labute approximate surface area is 100 Å². The van der Waals surface area contributed by atoms with Crippen LogP contribution in [0.25, 0.3) is 0 Å². The van der Waals surface area contributed by atoms with Crippen molar-refractivity contribution < 1.29 is 14.6 Å². The summed E-state index contributed by atoms with van der Waals surface area (Å²) in [5.74, 6) is 1.38. The molecule has 0 fully saturated rings. The Bertz CT molecular complexity index is 480. The van der Waals surface area contributed by atoms with Crippen LogP contribution in [0.4, 0.5) is 0 Å². The molecule has 87 valence electrons. The lowest BCUT2D eigenvalue weighted by atomic mass is 10.3. The minimum atomic E-state index is -0.0139. The van der Waals surface area contributed by atoms with Crippen molar-refractivity contribution in [2.45, 2.75) is 0 Å². The van der Waals surface area contributed by atoms with E-state index in [1.807, 2.05) is 30.3 Å². The topological polar surface area (TPSA) is 38.7 Å². The molecule has 0 aliphatic carbocycles. The SMILES string of the molecule is [CH2]COc1cccc(Oc2ccccc2)c1O. The van der Waals surface area contributed by atoms with E-state index in [0.717, 1.165) is 0 Å². The van der Waals surface area contributed by atoms with Crippen LogP contribution in [0.5, 0.6) is 23.0 Å². The molecule has 0 bridgehead atoms. The lowest BCUT2D eigenvalue weighted by molar-refractivity contribution is 0.324. The van der Waals surface area contributed by atoms with Crippen LogP contribution in [0, 0.1) is 6.92 Å². The lowest BCUT2D eigenvalue weighted by Gasteiger charge is -2.10. The monoisotopic (exact) mass is 229 g/mol. The number of benzene rings is 2. The molecule has 0 atom stereocenters. The summed E-state index contributed by atoms with van der Waals surface area (Å²) in [7, 11) is 0. The van der Waals surface area contributed by atoms with E-state index in [1.165, 1.54) is 0 Å². The predicted octanol–water partition coefficient (Wildman–Crippen LogP) is 3.40. The van der Waals surface area contributed by atoms with E-state index in [0.29, 0.717) is 17.2 Å². The number of hydrogen-bond donors (Lipinski definition) is 1.